The molecular formula is C17H31N3O3. The van der Waals surface area contributed by atoms with Gasteiger partial charge in [0.25, 0.3) is 0 Å². The van der Waals surface area contributed by atoms with Gasteiger partial charge in [-0.1, -0.05) is 0 Å². The summed E-state index contributed by atoms with van der Waals surface area (Å²) in [5, 5.41) is 9.88. The normalized spacial score (nSPS) is 23.9. The minimum atomic E-state index is -0.698. The van der Waals surface area contributed by atoms with E-state index in [-0.39, 0.29) is 17.9 Å². The third kappa shape index (κ3) is 5.46. The molecule has 0 bridgehead atoms. The Morgan fingerprint density at radius 3 is 2.30 bits per heavy atom. The van der Waals surface area contributed by atoms with Crippen molar-refractivity contribution in [3.05, 3.63) is 0 Å². The van der Waals surface area contributed by atoms with Crippen molar-refractivity contribution >= 4 is 11.8 Å². The zero-order valence-electron chi connectivity index (χ0n) is 14.8. The topological polar surface area (TPSA) is 64.1 Å². The third-order valence-corrected chi connectivity index (χ3v) is 4.78. The van der Waals surface area contributed by atoms with E-state index in [0.29, 0.717) is 26.1 Å². The SMILES string of the molecule is CC(=O)N1CCCCC1CC(=O)N1CCN(CC(C)(C)O)CC1. The number of rotatable bonds is 4. The van der Waals surface area contributed by atoms with Crippen LogP contribution in [-0.2, 0) is 9.59 Å². The van der Waals surface area contributed by atoms with Crippen molar-refractivity contribution in [3.8, 4) is 0 Å². The predicted molar refractivity (Wildman–Crippen MR) is 89.0 cm³/mol. The molecule has 2 saturated heterocycles. The molecule has 2 fully saturated rings. The first-order valence-electron chi connectivity index (χ1n) is 8.76. The minimum Gasteiger partial charge on any atom is -0.389 e. The lowest BCUT2D eigenvalue weighted by atomic mass is 9.98. The maximum absolute atomic E-state index is 12.5. The molecule has 0 aliphatic carbocycles. The van der Waals surface area contributed by atoms with Crippen LogP contribution in [0.15, 0.2) is 0 Å². The maximum atomic E-state index is 12.5. The van der Waals surface area contributed by atoms with Crippen molar-refractivity contribution in [1.82, 2.24) is 14.7 Å². The third-order valence-electron chi connectivity index (χ3n) is 4.78. The Kier molecular flexibility index (Phi) is 6.03. The second-order valence-electron chi connectivity index (χ2n) is 7.54. The molecule has 132 valence electrons. The summed E-state index contributed by atoms with van der Waals surface area (Å²) in [5.74, 6) is 0.239. The van der Waals surface area contributed by atoms with Gasteiger partial charge in [-0.2, -0.15) is 0 Å². The lowest BCUT2D eigenvalue weighted by Gasteiger charge is -2.39. The fourth-order valence-electron chi connectivity index (χ4n) is 3.66. The standard InChI is InChI=1S/C17H31N3O3/c1-14(21)20-7-5-4-6-15(20)12-16(22)19-10-8-18(9-11-19)13-17(2,3)23/h15,23H,4-13H2,1-3H3. The Bertz CT molecular complexity index is 425. The van der Waals surface area contributed by atoms with Crippen LogP contribution in [-0.4, -0.2) is 82.5 Å². The number of aliphatic hydroxyl groups is 1. The summed E-state index contributed by atoms with van der Waals surface area (Å²) in [6.45, 7) is 9.66. The van der Waals surface area contributed by atoms with Crippen LogP contribution in [0.3, 0.4) is 0 Å². The average Bonchev–Trinajstić information content (AvgIpc) is 2.46. The molecule has 23 heavy (non-hydrogen) atoms. The zero-order valence-corrected chi connectivity index (χ0v) is 14.8. The van der Waals surface area contributed by atoms with Crippen LogP contribution in [0.25, 0.3) is 0 Å². The van der Waals surface area contributed by atoms with Gasteiger partial charge in [-0.05, 0) is 33.1 Å². The second kappa shape index (κ2) is 7.62. The summed E-state index contributed by atoms with van der Waals surface area (Å²) in [4.78, 5) is 30.2. The summed E-state index contributed by atoms with van der Waals surface area (Å²) in [5.41, 5.74) is -0.698. The minimum absolute atomic E-state index is 0.0724. The molecule has 2 rings (SSSR count). The molecule has 1 atom stereocenters. The Morgan fingerprint density at radius 1 is 1.09 bits per heavy atom. The van der Waals surface area contributed by atoms with Crippen molar-refractivity contribution in [2.24, 2.45) is 0 Å². The zero-order chi connectivity index (χ0) is 17.0. The number of carbonyl (C=O) groups excluding carboxylic acids is 2. The molecule has 6 heteroatoms. The van der Waals surface area contributed by atoms with Gasteiger partial charge in [0.2, 0.25) is 11.8 Å². The number of likely N-dealkylation sites (tertiary alicyclic amines) is 1. The number of β-amino-alcohol motifs (C(OH)–C–C–N with tert-alkyl or cyclic N) is 1. The van der Waals surface area contributed by atoms with Gasteiger partial charge in [0, 0.05) is 58.7 Å². The molecule has 0 aromatic rings. The summed E-state index contributed by atoms with van der Waals surface area (Å²) in [7, 11) is 0. The van der Waals surface area contributed by atoms with Gasteiger partial charge in [-0.25, -0.2) is 0 Å². The number of carbonyl (C=O) groups is 2. The number of hydrogen-bond acceptors (Lipinski definition) is 4. The number of hydrogen-bond donors (Lipinski definition) is 1. The summed E-state index contributed by atoms with van der Waals surface area (Å²) in [6.07, 6.45) is 3.52. The van der Waals surface area contributed by atoms with Crippen LogP contribution in [0.1, 0.15) is 46.5 Å². The first kappa shape index (κ1) is 18.2. The largest absolute Gasteiger partial charge is 0.389 e. The van der Waals surface area contributed by atoms with Gasteiger partial charge in [0.05, 0.1) is 5.60 Å². The smallest absolute Gasteiger partial charge is 0.224 e. The van der Waals surface area contributed by atoms with Gasteiger partial charge in [0.15, 0.2) is 0 Å². The van der Waals surface area contributed by atoms with E-state index in [4.69, 9.17) is 0 Å². The molecule has 2 aliphatic heterocycles. The van der Waals surface area contributed by atoms with E-state index >= 15 is 0 Å². The molecule has 0 radical (unpaired) electrons. The molecule has 2 amide bonds. The van der Waals surface area contributed by atoms with Crippen LogP contribution in [0, 0.1) is 0 Å². The summed E-state index contributed by atoms with van der Waals surface area (Å²) in [6, 6.07) is 0.0724. The molecule has 0 saturated carbocycles. The molecule has 0 aromatic carbocycles. The lowest BCUT2D eigenvalue weighted by Crippen LogP contribution is -2.53. The van der Waals surface area contributed by atoms with Gasteiger partial charge >= 0.3 is 0 Å². The molecule has 6 nitrogen and oxygen atoms in total. The van der Waals surface area contributed by atoms with E-state index in [1.807, 2.05) is 23.6 Å². The fourth-order valence-corrected chi connectivity index (χ4v) is 3.66. The number of piperazine rings is 1. The molecular weight excluding hydrogens is 294 g/mol. The maximum Gasteiger partial charge on any atom is 0.224 e. The summed E-state index contributed by atoms with van der Waals surface area (Å²) < 4.78 is 0. The first-order chi connectivity index (χ1) is 10.8. The Hall–Kier alpha value is -1.14. The quantitative estimate of drug-likeness (QED) is 0.826. The van der Waals surface area contributed by atoms with Gasteiger partial charge < -0.3 is 14.9 Å². The van der Waals surface area contributed by atoms with E-state index in [0.717, 1.165) is 38.9 Å². The molecule has 2 aliphatic rings. The van der Waals surface area contributed by atoms with Crippen molar-refractivity contribution in [2.75, 3.05) is 39.3 Å². The summed E-state index contributed by atoms with van der Waals surface area (Å²) >= 11 is 0. The van der Waals surface area contributed by atoms with Crippen LogP contribution < -0.4 is 0 Å². The van der Waals surface area contributed by atoms with Gasteiger partial charge in [0.1, 0.15) is 0 Å². The van der Waals surface area contributed by atoms with Crippen LogP contribution in [0.4, 0.5) is 0 Å². The Labute approximate surface area is 139 Å². The van der Waals surface area contributed by atoms with Crippen molar-refractivity contribution < 1.29 is 14.7 Å². The molecule has 0 aromatic heterocycles. The highest BCUT2D eigenvalue weighted by molar-refractivity contribution is 5.79. The van der Waals surface area contributed by atoms with Gasteiger partial charge in [-0.15, -0.1) is 0 Å². The molecule has 2 heterocycles. The van der Waals surface area contributed by atoms with E-state index < -0.39 is 5.60 Å². The highest BCUT2D eigenvalue weighted by Gasteiger charge is 2.30. The number of amides is 2. The first-order valence-corrected chi connectivity index (χ1v) is 8.76. The van der Waals surface area contributed by atoms with Gasteiger partial charge in [-0.3, -0.25) is 14.5 Å². The number of nitrogens with zero attached hydrogens (tertiary/aromatic N) is 3. The highest BCUT2D eigenvalue weighted by Crippen LogP contribution is 2.21. The second-order valence-corrected chi connectivity index (χ2v) is 7.54. The van der Waals surface area contributed by atoms with E-state index in [2.05, 4.69) is 4.90 Å². The molecule has 1 N–H and O–H groups in total. The number of piperidine rings is 1. The van der Waals surface area contributed by atoms with Crippen LogP contribution >= 0.6 is 0 Å². The van der Waals surface area contributed by atoms with E-state index in [1.165, 1.54) is 0 Å². The Morgan fingerprint density at radius 2 is 1.74 bits per heavy atom. The molecule has 0 spiro atoms. The fraction of sp³-hybridized carbons (Fsp3) is 0.882. The van der Waals surface area contributed by atoms with E-state index in [1.54, 1.807) is 6.92 Å². The van der Waals surface area contributed by atoms with E-state index in [9.17, 15) is 14.7 Å². The monoisotopic (exact) mass is 325 g/mol. The Balaban J connectivity index is 1.81. The van der Waals surface area contributed by atoms with Crippen molar-refractivity contribution in [1.29, 1.82) is 0 Å². The molecule has 1 unspecified atom stereocenters. The predicted octanol–water partition coefficient (Wildman–Crippen LogP) is 0.693. The van der Waals surface area contributed by atoms with Crippen molar-refractivity contribution in [3.63, 3.8) is 0 Å². The van der Waals surface area contributed by atoms with Crippen LogP contribution in [0.5, 0.6) is 0 Å². The average molecular weight is 325 g/mol. The highest BCUT2D eigenvalue weighted by atomic mass is 16.3. The van der Waals surface area contributed by atoms with Crippen molar-refractivity contribution in [2.45, 2.75) is 58.1 Å². The lowest BCUT2D eigenvalue weighted by molar-refractivity contribution is -0.138. The van der Waals surface area contributed by atoms with Crippen LogP contribution in [0.2, 0.25) is 0 Å².